The third-order valence-electron chi connectivity index (χ3n) is 6.01. The zero-order chi connectivity index (χ0) is 27.2. The molecule has 1 N–H and O–H groups in total. The maximum absolute atomic E-state index is 14.5. The van der Waals surface area contributed by atoms with E-state index in [4.69, 9.17) is 21.7 Å². The van der Waals surface area contributed by atoms with Crippen molar-refractivity contribution in [2.75, 3.05) is 23.9 Å². The van der Waals surface area contributed by atoms with Crippen molar-refractivity contribution in [3.63, 3.8) is 0 Å². The second kappa shape index (κ2) is 11.8. The first-order valence-corrected chi connectivity index (χ1v) is 12.3. The summed E-state index contributed by atoms with van der Waals surface area (Å²) in [7, 11) is 1.54. The zero-order valence-corrected chi connectivity index (χ0v) is 21.7. The molecule has 3 aromatic carbocycles. The number of hydrogen-bond donors (Lipinski definition) is 1. The molecule has 0 aromatic heterocycles. The number of thiocarbonyl (C=S) groups is 1. The molecule has 1 saturated heterocycles. The van der Waals surface area contributed by atoms with E-state index in [9.17, 15) is 18.8 Å². The van der Waals surface area contributed by atoms with E-state index in [1.165, 1.54) is 23.1 Å². The number of amides is 2. The SMILES string of the molecule is CCOC(=O)c1ccc(N2C(=O)[C@H](CC(=O)Nc3ccc(OC)cc3)N(Cc3ccccc3F)C2=S)cc1. The highest BCUT2D eigenvalue weighted by molar-refractivity contribution is 7.80. The molecule has 38 heavy (non-hydrogen) atoms. The summed E-state index contributed by atoms with van der Waals surface area (Å²) in [6.07, 6.45) is -0.211. The quantitative estimate of drug-likeness (QED) is 0.318. The van der Waals surface area contributed by atoms with E-state index in [-0.39, 0.29) is 24.7 Å². The molecule has 4 rings (SSSR count). The molecule has 1 aliphatic heterocycles. The Balaban J connectivity index is 1.59. The van der Waals surface area contributed by atoms with Crippen LogP contribution in [0.25, 0.3) is 0 Å². The number of hydrogen-bond acceptors (Lipinski definition) is 6. The van der Waals surface area contributed by atoms with E-state index in [1.54, 1.807) is 73.5 Å². The molecular weight excluding hydrogens is 509 g/mol. The Hall–Kier alpha value is -4.31. The van der Waals surface area contributed by atoms with Crippen molar-refractivity contribution >= 4 is 46.5 Å². The normalized spacial score (nSPS) is 15.0. The summed E-state index contributed by atoms with van der Waals surface area (Å²) in [6.45, 7) is 1.94. The average molecular weight is 536 g/mol. The predicted octanol–water partition coefficient (Wildman–Crippen LogP) is 4.54. The summed E-state index contributed by atoms with van der Waals surface area (Å²) in [4.78, 5) is 41.4. The van der Waals surface area contributed by atoms with Crippen LogP contribution in [0.2, 0.25) is 0 Å². The lowest BCUT2D eigenvalue weighted by Gasteiger charge is -2.24. The Labute approximate surface area is 224 Å². The molecule has 0 aliphatic carbocycles. The molecule has 0 bridgehead atoms. The number of rotatable bonds is 9. The summed E-state index contributed by atoms with van der Waals surface area (Å²) in [5, 5.41) is 2.91. The summed E-state index contributed by atoms with van der Waals surface area (Å²) < 4.78 is 24.7. The standard InChI is InChI=1S/C28H26FN3O5S/c1-3-37-27(35)18-8-12-21(13-9-18)32-26(34)24(16-25(33)30-20-10-14-22(36-2)15-11-20)31(28(32)38)17-19-6-4-5-7-23(19)29/h4-15,24H,3,16-17H2,1-2H3,(H,30,33)/t24-/m0/s1. The Morgan fingerprint density at radius 2 is 1.71 bits per heavy atom. The summed E-state index contributed by atoms with van der Waals surface area (Å²) in [5.41, 5.74) is 1.62. The first kappa shape index (κ1) is 26.7. The van der Waals surface area contributed by atoms with Crippen LogP contribution < -0.4 is 15.0 Å². The van der Waals surface area contributed by atoms with E-state index in [1.807, 2.05) is 0 Å². The van der Waals surface area contributed by atoms with Gasteiger partial charge in [0.2, 0.25) is 5.91 Å². The van der Waals surface area contributed by atoms with Crippen molar-refractivity contribution in [2.24, 2.45) is 0 Å². The maximum atomic E-state index is 14.5. The van der Waals surface area contributed by atoms with Crippen LogP contribution in [0.1, 0.15) is 29.3 Å². The molecule has 3 aromatic rings. The van der Waals surface area contributed by atoms with Crippen LogP contribution in [0.15, 0.2) is 72.8 Å². The van der Waals surface area contributed by atoms with E-state index in [0.717, 1.165) is 0 Å². The third-order valence-corrected chi connectivity index (χ3v) is 6.42. The molecule has 1 fully saturated rings. The van der Waals surface area contributed by atoms with Crippen LogP contribution >= 0.6 is 12.2 Å². The van der Waals surface area contributed by atoms with Gasteiger partial charge in [-0.25, -0.2) is 9.18 Å². The number of methoxy groups -OCH3 is 1. The van der Waals surface area contributed by atoms with Crippen molar-refractivity contribution in [1.29, 1.82) is 0 Å². The molecule has 10 heteroatoms. The smallest absolute Gasteiger partial charge is 0.338 e. The van der Waals surface area contributed by atoms with Crippen molar-refractivity contribution in [1.82, 2.24) is 4.90 Å². The van der Waals surface area contributed by atoms with Crippen LogP contribution in [0.4, 0.5) is 15.8 Å². The van der Waals surface area contributed by atoms with Gasteiger partial charge in [-0.1, -0.05) is 18.2 Å². The fourth-order valence-electron chi connectivity index (χ4n) is 4.08. The molecule has 0 spiro atoms. The topological polar surface area (TPSA) is 88.2 Å². The van der Waals surface area contributed by atoms with Gasteiger partial charge in [0.15, 0.2) is 5.11 Å². The summed E-state index contributed by atoms with van der Waals surface area (Å²) in [5.74, 6) is -1.13. The minimum absolute atomic E-state index is 0.00482. The monoisotopic (exact) mass is 535 g/mol. The molecule has 1 atom stereocenters. The number of benzene rings is 3. The molecule has 0 radical (unpaired) electrons. The van der Waals surface area contributed by atoms with Gasteiger partial charge in [0.25, 0.3) is 5.91 Å². The van der Waals surface area contributed by atoms with Gasteiger partial charge in [0.05, 0.1) is 31.4 Å². The van der Waals surface area contributed by atoms with Crippen molar-refractivity contribution in [3.05, 3.63) is 89.7 Å². The fourth-order valence-corrected chi connectivity index (χ4v) is 4.47. The predicted molar refractivity (Wildman–Crippen MR) is 144 cm³/mol. The van der Waals surface area contributed by atoms with Gasteiger partial charge in [-0.15, -0.1) is 0 Å². The van der Waals surface area contributed by atoms with Gasteiger partial charge in [0, 0.05) is 17.8 Å². The number of halogens is 1. The molecular formula is C28H26FN3O5S. The molecule has 0 saturated carbocycles. The van der Waals surface area contributed by atoms with Gasteiger partial charge < -0.3 is 19.7 Å². The van der Waals surface area contributed by atoms with Crippen LogP contribution in [0.5, 0.6) is 5.75 Å². The fraction of sp³-hybridized carbons (Fsp3) is 0.214. The highest BCUT2D eigenvalue weighted by Gasteiger charge is 2.44. The Kier molecular flexibility index (Phi) is 8.32. The van der Waals surface area contributed by atoms with Crippen LogP contribution in [-0.2, 0) is 20.9 Å². The van der Waals surface area contributed by atoms with Gasteiger partial charge in [-0.05, 0) is 73.7 Å². The summed E-state index contributed by atoms with van der Waals surface area (Å²) >= 11 is 5.65. The van der Waals surface area contributed by atoms with E-state index in [0.29, 0.717) is 28.3 Å². The number of esters is 1. The second-order valence-corrected chi connectivity index (χ2v) is 8.80. The molecule has 196 valence electrons. The molecule has 2 amide bonds. The lowest BCUT2D eigenvalue weighted by molar-refractivity contribution is -0.124. The van der Waals surface area contributed by atoms with Gasteiger partial charge in [-0.2, -0.15) is 0 Å². The van der Waals surface area contributed by atoms with Crippen molar-refractivity contribution in [2.45, 2.75) is 25.9 Å². The summed E-state index contributed by atoms with van der Waals surface area (Å²) in [6, 6.07) is 18.2. The molecule has 8 nitrogen and oxygen atoms in total. The molecule has 1 heterocycles. The van der Waals surface area contributed by atoms with Gasteiger partial charge in [-0.3, -0.25) is 14.5 Å². The van der Waals surface area contributed by atoms with Crippen LogP contribution in [0.3, 0.4) is 0 Å². The first-order chi connectivity index (χ1) is 18.3. The Bertz CT molecular complexity index is 1350. The maximum Gasteiger partial charge on any atom is 0.338 e. The first-order valence-electron chi connectivity index (χ1n) is 11.9. The second-order valence-electron chi connectivity index (χ2n) is 8.44. The lowest BCUT2D eigenvalue weighted by atomic mass is 10.1. The van der Waals surface area contributed by atoms with E-state index < -0.39 is 29.6 Å². The van der Waals surface area contributed by atoms with Crippen LogP contribution in [0, 0.1) is 5.82 Å². The van der Waals surface area contributed by atoms with E-state index in [2.05, 4.69) is 5.32 Å². The Morgan fingerprint density at radius 1 is 1.03 bits per heavy atom. The van der Waals surface area contributed by atoms with E-state index >= 15 is 0 Å². The third kappa shape index (κ3) is 5.81. The lowest BCUT2D eigenvalue weighted by Crippen LogP contribution is -2.37. The Morgan fingerprint density at radius 3 is 2.34 bits per heavy atom. The molecule has 0 unspecified atom stereocenters. The minimum Gasteiger partial charge on any atom is -0.497 e. The van der Waals surface area contributed by atoms with Gasteiger partial charge in [0.1, 0.15) is 17.6 Å². The number of carbonyl (C=O) groups excluding carboxylic acids is 3. The number of nitrogens with zero attached hydrogens (tertiary/aromatic N) is 2. The van der Waals surface area contributed by atoms with Crippen molar-refractivity contribution in [3.8, 4) is 5.75 Å². The van der Waals surface area contributed by atoms with Crippen LogP contribution in [-0.4, -0.2) is 47.6 Å². The number of anilines is 2. The molecule has 1 aliphatic rings. The highest BCUT2D eigenvalue weighted by atomic mass is 32.1. The number of carbonyl (C=O) groups is 3. The minimum atomic E-state index is -0.968. The van der Waals surface area contributed by atoms with Gasteiger partial charge >= 0.3 is 5.97 Å². The van der Waals surface area contributed by atoms with Crippen molar-refractivity contribution < 1.29 is 28.2 Å². The zero-order valence-electron chi connectivity index (χ0n) is 20.8. The average Bonchev–Trinajstić information content (AvgIpc) is 3.14. The highest BCUT2D eigenvalue weighted by Crippen LogP contribution is 2.30. The largest absolute Gasteiger partial charge is 0.497 e. The number of ether oxygens (including phenoxy) is 2. The number of nitrogens with one attached hydrogen (secondary N) is 1.